The zero-order valence-corrected chi connectivity index (χ0v) is 13.1. The number of benzene rings is 1. The van der Waals surface area contributed by atoms with Crippen LogP contribution < -0.4 is 5.32 Å². The molecule has 2 rings (SSSR count). The van der Waals surface area contributed by atoms with E-state index in [0.29, 0.717) is 5.89 Å². The van der Waals surface area contributed by atoms with Crippen molar-refractivity contribution in [3.8, 4) is 11.5 Å². The van der Waals surface area contributed by atoms with Gasteiger partial charge >= 0.3 is 0 Å². The zero-order chi connectivity index (χ0) is 14.9. The second-order valence-corrected chi connectivity index (χ2v) is 5.47. The second kappa shape index (κ2) is 8.45. The summed E-state index contributed by atoms with van der Waals surface area (Å²) in [7, 11) is 0. The molecule has 21 heavy (non-hydrogen) atoms. The number of aromatic nitrogens is 2. The average molecular weight is 287 g/mol. The highest BCUT2D eigenvalue weighted by atomic mass is 16.4. The largest absolute Gasteiger partial charge is 0.423 e. The molecule has 0 aliphatic heterocycles. The summed E-state index contributed by atoms with van der Waals surface area (Å²) in [5.74, 6) is 0.567. The van der Waals surface area contributed by atoms with Crippen LogP contribution in [0.2, 0.25) is 0 Å². The van der Waals surface area contributed by atoms with Crippen LogP contribution in [0.15, 0.2) is 29.0 Å². The summed E-state index contributed by atoms with van der Waals surface area (Å²) >= 11 is 0. The molecule has 0 atom stereocenters. The summed E-state index contributed by atoms with van der Waals surface area (Å²) in [6.07, 6.45) is 9.25. The molecule has 0 fully saturated rings. The zero-order valence-electron chi connectivity index (χ0n) is 13.1. The van der Waals surface area contributed by atoms with E-state index in [4.69, 9.17) is 4.42 Å². The quantitative estimate of drug-likeness (QED) is 0.672. The predicted octanol–water partition coefficient (Wildman–Crippen LogP) is 4.82. The minimum atomic E-state index is 0.567. The van der Waals surface area contributed by atoms with Gasteiger partial charge in [0.05, 0.1) is 0 Å². The van der Waals surface area contributed by atoms with Crippen molar-refractivity contribution in [2.24, 2.45) is 0 Å². The van der Waals surface area contributed by atoms with Gasteiger partial charge in [0.15, 0.2) is 0 Å². The molecule has 1 aromatic heterocycles. The number of rotatable bonds is 9. The van der Waals surface area contributed by atoms with E-state index in [0.717, 1.165) is 17.8 Å². The van der Waals surface area contributed by atoms with Crippen molar-refractivity contribution in [1.29, 1.82) is 0 Å². The molecule has 0 amide bonds. The maximum absolute atomic E-state index is 5.24. The third kappa shape index (κ3) is 4.88. The molecule has 0 bridgehead atoms. The van der Waals surface area contributed by atoms with Crippen LogP contribution in [0, 0.1) is 6.92 Å². The number of nitrogens with one attached hydrogen (secondary N) is 1. The van der Waals surface area contributed by atoms with Gasteiger partial charge in [-0.1, -0.05) is 45.1 Å². The van der Waals surface area contributed by atoms with E-state index in [9.17, 15) is 0 Å². The van der Waals surface area contributed by atoms with Crippen molar-refractivity contribution in [2.75, 3.05) is 11.9 Å². The first-order chi connectivity index (χ1) is 10.3. The fraction of sp³-hybridized carbons (Fsp3) is 0.529. The van der Waals surface area contributed by atoms with Crippen molar-refractivity contribution in [3.63, 3.8) is 0 Å². The van der Waals surface area contributed by atoms with Gasteiger partial charge in [0, 0.05) is 17.8 Å². The first kappa shape index (κ1) is 15.5. The molecule has 0 saturated carbocycles. The van der Waals surface area contributed by atoms with Crippen LogP contribution in [0.4, 0.5) is 5.69 Å². The Kier molecular flexibility index (Phi) is 6.25. The lowest BCUT2D eigenvalue weighted by molar-refractivity contribution is 0.568. The normalized spacial score (nSPS) is 10.8. The van der Waals surface area contributed by atoms with Crippen molar-refractivity contribution >= 4 is 5.69 Å². The van der Waals surface area contributed by atoms with E-state index in [1.54, 1.807) is 0 Å². The van der Waals surface area contributed by atoms with Crippen LogP contribution in [-0.4, -0.2) is 16.7 Å². The number of hydrogen-bond donors (Lipinski definition) is 1. The van der Waals surface area contributed by atoms with E-state index in [-0.39, 0.29) is 0 Å². The van der Waals surface area contributed by atoms with E-state index < -0.39 is 0 Å². The van der Waals surface area contributed by atoms with Crippen LogP contribution in [-0.2, 0) is 0 Å². The van der Waals surface area contributed by atoms with E-state index >= 15 is 0 Å². The molecule has 1 heterocycles. The lowest BCUT2D eigenvalue weighted by Gasteiger charge is -2.10. The van der Waals surface area contributed by atoms with Crippen molar-refractivity contribution < 1.29 is 4.42 Å². The van der Waals surface area contributed by atoms with Crippen LogP contribution in [0.1, 0.15) is 51.0 Å². The Bertz CT molecular complexity index is 523. The lowest BCUT2D eigenvalue weighted by atomic mass is 10.1. The highest BCUT2D eigenvalue weighted by molar-refractivity contribution is 5.64. The Balaban J connectivity index is 1.81. The van der Waals surface area contributed by atoms with Crippen molar-refractivity contribution in [3.05, 3.63) is 30.2 Å². The smallest absolute Gasteiger partial charge is 0.247 e. The maximum atomic E-state index is 5.24. The van der Waals surface area contributed by atoms with E-state index in [2.05, 4.69) is 41.5 Å². The van der Waals surface area contributed by atoms with Crippen LogP contribution in [0.5, 0.6) is 0 Å². The molecule has 4 heteroatoms. The number of unbranched alkanes of at least 4 members (excludes halogenated alkanes) is 5. The minimum Gasteiger partial charge on any atom is -0.423 e. The molecule has 114 valence electrons. The molecular formula is C17H25N3O. The Morgan fingerprint density at radius 3 is 2.67 bits per heavy atom. The Labute approximate surface area is 127 Å². The molecule has 0 saturated heterocycles. The molecule has 0 aliphatic rings. The topological polar surface area (TPSA) is 51.0 Å². The van der Waals surface area contributed by atoms with Gasteiger partial charge < -0.3 is 9.73 Å². The highest BCUT2D eigenvalue weighted by Crippen LogP contribution is 2.23. The Morgan fingerprint density at radius 1 is 1.10 bits per heavy atom. The number of nitrogens with zero attached hydrogens (tertiary/aromatic N) is 2. The molecule has 0 spiro atoms. The number of anilines is 1. The monoisotopic (exact) mass is 287 g/mol. The summed E-state index contributed by atoms with van der Waals surface area (Å²) in [5.41, 5.74) is 3.35. The standard InChI is InChI=1S/C17H25N3O/c1-3-4-5-6-7-8-11-18-16-12-15(10-9-14(16)2)17-20-19-13-21-17/h9-10,12-13,18H,3-8,11H2,1-2H3. The summed E-state index contributed by atoms with van der Waals surface area (Å²) in [5, 5.41) is 11.2. The molecule has 1 N–H and O–H groups in total. The van der Waals surface area contributed by atoms with Gasteiger partial charge in [0.2, 0.25) is 12.3 Å². The Hall–Kier alpha value is -1.84. The number of hydrogen-bond acceptors (Lipinski definition) is 4. The van der Waals surface area contributed by atoms with Gasteiger partial charge in [0.25, 0.3) is 0 Å². The molecule has 2 aromatic rings. The first-order valence-corrected chi connectivity index (χ1v) is 7.92. The van der Waals surface area contributed by atoms with Crippen molar-refractivity contribution in [1.82, 2.24) is 10.2 Å². The summed E-state index contributed by atoms with van der Waals surface area (Å²) in [6.45, 7) is 5.38. The molecule has 0 aliphatic carbocycles. The van der Waals surface area contributed by atoms with Crippen LogP contribution in [0.3, 0.4) is 0 Å². The summed E-state index contributed by atoms with van der Waals surface area (Å²) in [6, 6.07) is 6.18. The predicted molar refractivity (Wildman–Crippen MR) is 86.3 cm³/mol. The highest BCUT2D eigenvalue weighted by Gasteiger charge is 2.06. The fourth-order valence-electron chi connectivity index (χ4n) is 2.37. The van der Waals surface area contributed by atoms with Crippen LogP contribution >= 0.6 is 0 Å². The molecule has 0 unspecified atom stereocenters. The first-order valence-electron chi connectivity index (χ1n) is 7.92. The average Bonchev–Trinajstić information content (AvgIpc) is 3.02. The molecule has 0 radical (unpaired) electrons. The maximum Gasteiger partial charge on any atom is 0.247 e. The van der Waals surface area contributed by atoms with Gasteiger partial charge in [-0.05, 0) is 31.0 Å². The van der Waals surface area contributed by atoms with E-state index in [1.165, 1.54) is 50.5 Å². The van der Waals surface area contributed by atoms with Crippen molar-refractivity contribution in [2.45, 2.75) is 52.4 Å². The lowest BCUT2D eigenvalue weighted by Crippen LogP contribution is -2.03. The van der Waals surface area contributed by atoms with Crippen LogP contribution in [0.25, 0.3) is 11.5 Å². The minimum absolute atomic E-state index is 0.567. The summed E-state index contributed by atoms with van der Waals surface area (Å²) < 4.78 is 5.24. The van der Waals surface area contributed by atoms with Gasteiger partial charge in [0.1, 0.15) is 0 Å². The molecule has 1 aromatic carbocycles. The molecule has 4 nitrogen and oxygen atoms in total. The van der Waals surface area contributed by atoms with Gasteiger partial charge in [-0.3, -0.25) is 0 Å². The summed E-state index contributed by atoms with van der Waals surface area (Å²) in [4.78, 5) is 0. The van der Waals surface area contributed by atoms with Gasteiger partial charge in [-0.2, -0.15) is 0 Å². The second-order valence-electron chi connectivity index (χ2n) is 5.47. The van der Waals surface area contributed by atoms with Gasteiger partial charge in [-0.15, -0.1) is 10.2 Å². The Morgan fingerprint density at radius 2 is 1.90 bits per heavy atom. The number of aryl methyl sites for hydroxylation is 1. The fourth-order valence-corrected chi connectivity index (χ4v) is 2.37. The third-order valence-corrected chi connectivity index (χ3v) is 3.69. The van der Waals surface area contributed by atoms with E-state index in [1.807, 2.05) is 6.07 Å². The SMILES string of the molecule is CCCCCCCCNc1cc(-c2nnco2)ccc1C. The molecular weight excluding hydrogens is 262 g/mol. The third-order valence-electron chi connectivity index (χ3n) is 3.69. The van der Waals surface area contributed by atoms with Gasteiger partial charge in [-0.25, -0.2) is 0 Å².